The monoisotopic (exact) mass is 407 g/mol. The van der Waals surface area contributed by atoms with Crippen molar-refractivity contribution < 1.29 is 0 Å². The summed E-state index contributed by atoms with van der Waals surface area (Å²) in [5.41, 5.74) is 5.44. The Morgan fingerprint density at radius 2 is 1.84 bits per heavy atom. The lowest BCUT2D eigenvalue weighted by molar-refractivity contribution is 0.768. The Hall–Kier alpha value is -4.06. The van der Waals surface area contributed by atoms with E-state index < -0.39 is 0 Å². The highest BCUT2D eigenvalue weighted by Gasteiger charge is 2.08. The number of nitrogens with one attached hydrogen (secondary N) is 1. The van der Waals surface area contributed by atoms with Gasteiger partial charge in [-0.1, -0.05) is 18.2 Å². The van der Waals surface area contributed by atoms with Gasteiger partial charge >= 0.3 is 0 Å². The van der Waals surface area contributed by atoms with Gasteiger partial charge in [0.15, 0.2) is 5.43 Å². The molecule has 3 heterocycles. The van der Waals surface area contributed by atoms with Crippen molar-refractivity contribution in [3.05, 3.63) is 94.8 Å². The van der Waals surface area contributed by atoms with Crippen molar-refractivity contribution in [1.82, 2.24) is 19.7 Å². The van der Waals surface area contributed by atoms with Crippen molar-refractivity contribution in [2.75, 3.05) is 5.32 Å². The zero-order valence-electron chi connectivity index (χ0n) is 17.3. The van der Waals surface area contributed by atoms with Gasteiger partial charge in [0.25, 0.3) is 0 Å². The zero-order valence-corrected chi connectivity index (χ0v) is 17.3. The van der Waals surface area contributed by atoms with Crippen LogP contribution in [-0.2, 0) is 13.6 Å². The van der Waals surface area contributed by atoms with Crippen LogP contribution in [0.1, 0.15) is 11.3 Å². The standard InChI is InChI=1S/C25H21N5O/c1-16-4-3-9-26-24(16)14-27-20-7-5-17-6-8-23-22(25(31)21(17)11-20)10-18(12-28-23)19-13-29-30(2)15-19/h3-13,15,27H,14H2,1-2H3. The summed E-state index contributed by atoms with van der Waals surface area (Å²) in [6.45, 7) is 2.64. The molecule has 31 heavy (non-hydrogen) atoms. The van der Waals surface area contributed by atoms with Crippen LogP contribution in [0.15, 0.2) is 78.1 Å². The number of benzene rings is 1. The van der Waals surface area contributed by atoms with Gasteiger partial charge in [-0.2, -0.15) is 5.10 Å². The summed E-state index contributed by atoms with van der Waals surface area (Å²) in [5.74, 6) is 0. The Bertz CT molecular complexity index is 1490. The molecular weight excluding hydrogens is 386 g/mol. The quantitative estimate of drug-likeness (QED) is 0.476. The molecule has 5 aromatic rings. The third-order valence-electron chi connectivity index (χ3n) is 5.50. The van der Waals surface area contributed by atoms with Crippen LogP contribution in [0.2, 0.25) is 0 Å². The molecule has 3 aromatic heterocycles. The van der Waals surface area contributed by atoms with E-state index in [1.165, 1.54) is 0 Å². The van der Waals surface area contributed by atoms with Crippen LogP contribution < -0.4 is 10.7 Å². The van der Waals surface area contributed by atoms with Gasteiger partial charge in [-0.05, 0) is 48.2 Å². The molecule has 0 aliphatic heterocycles. The van der Waals surface area contributed by atoms with Crippen LogP contribution in [0.25, 0.3) is 32.8 Å². The maximum absolute atomic E-state index is 13.5. The summed E-state index contributed by atoms with van der Waals surface area (Å²) in [7, 11) is 1.87. The van der Waals surface area contributed by atoms with Gasteiger partial charge in [0.1, 0.15) is 0 Å². The second-order valence-electron chi connectivity index (χ2n) is 7.64. The van der Waals surface area contributed by atoms with E-state index in [0.29, 0.717) is 22.8 Å². The van der Waals surface area contributed by atoms with E-state index in [4.69, 9.17) is 0 Å². The fourth-order valence-electron chi connectivity index (χ4n) is 3.73. The molecule has 0 amide bonds. The normalized spacial score (nSPS) is 11.2. The number of aryl methyl sites for hydroxylation is 2. The minimum absolute atomic E-state index is 0.0362. The maximum atomic E-state index is 13.5. The summed E-state index contributed by atoms with van der Waals surface area (Å²) in [6.07, 6.45) is 7.26. The third kappa shape index (κ3) is 3.64. The predicted molar refractivity (Wildman–Crippen MR) is 124 cm³/mol. The molecule has 0 bridgehead atoms. The first-order valence-corrected chi connectivity index (χ1v) is 10.1. The number of pyridine rings is 2. The first-order chi connectivity index (χ1) is 15.1. The fourth-order valence-corrected chi connectivity index (χ4v) is 3.73. The van der Waals surface area contributed by atoms with Crippen LogP contribution in [-0.4, -0.2) is 19.7 Å². The lowest BCUT2D eigenvalue weighted by Crippen LogP contribution is -2.04. The van der Waals surface area contributed by atoms with Gasteiger partial charge in [-0.15, -0.1) is 0 Å². The minimum atomic E-state index is -0.0362. The zero-order chi connectivity index (χ0) is 21.4. The van der Waals surface area contributed by atoms with Gasteiger partial charge < -0.3 is 5.32 Å². The van der Waals surface area contributed by atoms with Gasteiger partial charge in [0.05, 0.1) is 24.0 Å². The predicted octanol–water partition coefficient (Wildman–Crippen LogP) is 4.46. The second-order valence-corrected chi connectivity index (χ2v) is 7.64. The van der Waals surface area contributed by atoms with Gasteiger partial charge in [0, 0.05) is 53.2 Å². The Morgan fingerprint density at radius 3 is 2.65 bits per heavy atom. The van der Waals surface area contributed by atoms with Gasteiger partial charge in [0.2, 0.25) is 0 Å². The summed E-state index contributed by atoms with van der Waals surface area (Å²) in [5, 5.41) is 9.74. The van der Waals surface area contributed by atoms with Crippen molar-refractivity contribution in [3.8, 4) is 11.1 Å². The van der Waals surface area contributed by atoms with E-state index >= 15 is 0 Å². The van der Waals surface area contributed by atoms with E-state index in [2.05, 4.69) is 20.4 Å². The molecule has 0 aliphatic carbocycles. The number of hydrogen-bond acceptors (Lipinski definition) is 5. The van der Waals surface area contributed by atoms with Crippen LogP contribution in [0.5, 0.6) is 0 Å². The topological polar surface area (TPSA) is 72.7 Å². The summed E-state index contributed by atoms with van der Waals surface area (Å²) < 4.78 is 1.74. The number of anilines is 1. The molecule has 152 valence electrons. The van der Waals surface area contributed by atoms with Crippen LogP contribution in [0.3, 0.4) is 0 Å². The highest BCUT2D eigenvalue weighted by atomic mass is 16.1. The van der Waals surface area contributed by atoms with Crippen molar-refractivity contribution in [2.24, 2.45) is 7.05 Å². The lowest BCUT2D eigenvalue weighted by atomic mass is 10.1. The van der Waals surface area contributed by atoms with E-state index in [1.54, 1.807) is 23.3 Å². The van der Waals surface area contributed by atoms with E-state index in [1.807, 2.05) is 68.7 Å². The molecule has 0 radical (unpaired) electrons. The molecule has 0 saturated heterocycles. The lowest BCUT2D eigenvalue weighted by Gasteiger charge is -2.08. The molecule has 0 fully saturated rings. The number of nitrogens with zero attached hydrogens (tertiary/aromatic N) is 4. The minimum Gasteiger partial charge on any atom is -0.379 e. The smallest absolute Gasteiger partial charge is 0.195 e. The SMILES string of the molecule is Cc1cccnc1CNc1ccc2ccc3ncc(-c4cnn(C)c4)cc3c(=O)c2c1. The molecule has 0 atom stereocenters. The summed E-state index contributed by atoms with van der Waals surface area (Å²) >= 11 is 0. The Labute approximate surface area is 179 Å². The van der Waals surface area contributed by atoms with E-state index in [-0.39, 0.29) is 5.43 Å². The summed E-state index contributed by atoms with van der Waals surface area (Å²) in [4.78, 5) is 22.4. The molecule has 5 rings (SSSR count). The Balaban J connectivity index is 1.59. The molecule has 1 N–H and O–H groups in total. The number of hydrogen-bond donors (Lipinski definition) is 1. The molecule has 0 saturated carbocycles. The highest BCUT2D eigenvalue weighted by molar-refractivity contribution is 5.94. The number of fused-ring (bicyclic) bond motifs is 2. The first kappa shape index (κ1) is 18.9. The second kappa shape index (κ2) is 7.65. The van der Waals surface area contributed by atoms with E-state index in [0.717, 1.165) is 33.5 Å². The van der Waals surface area contributed by atoms with Crippen molar-refractivity contribution in [1.29, 1.82) is 0 Å². The van der Waals surface area contributed by atoms with Gasteiger partial charge in [-0.3, -0.25) is 19.4 Å². The maximum Gasteiger partial charge on any atom is 0.195 e. The summed E-state index contributed by atoms with van der Waals surface area (Å²) in [6, 6.07) is 15.6. The fraction of sp³-hybridized carbons (Fsp3) is 0.120. The average molecular weight is 407 g/mol. The van der Waals surface area contributed by atoms with Crippen molar-refractivity contribution >= 4 is 27.4 Å². The van der Waals surface area contributed by atoms with Crippen LogP contribution in [0.4, 0.5) is 5.69 Å². The van der Waals surface area contributed by atoms with Crippen LogP contribution >= 0.6 is 0 Å². The Morgan fingerprint density at radius 1 is 0.968 bits per heavy atom. The van der Waals surface area contributed by atoms with Crippen LogP contribution in [0, 0.1) is 6.92 Å². The van der Waals surface area contributed by atoms with E-state index in [9.17, 15) is 4.79 Å². The molecule has 2 aromatic carbocycles. The van der Waals surface area contributed by atoms with Gasteiger partial charge in [-0.25, -0.2) is 0 Å². The largest absolute Gasteiger partial charge is 0.379 e. The molecule has 0 spiro atoms. The number of rotatable bonds is 4. The Kier molecular flexibility index (Phi) is 4.67. The molecule has 6 nitrogen and oxygen atoms in total. The van der Waals surface area contributed by atoms with Crippen molar-refractivity contribution in [3.63, 3.8) is 0 Å². The van der Waals surface area contributed by atoms with Crippen molar-refractivity contribution in [2.45, 2.75) is 13.5 Å². The molecule has 6 heteroatoms. The highest BCUT2D eigenvalue weighted by Crippen LogP contribution is 2.23. The average Bonchev–Trinajstić information content (AvgIpc) is 3.17. The third-order valence-corrected chi connectivity index (χ3v) is 5.50. The number of aromatic nitrogens is 4. The first-order valence-electron chi connectivity index (χ1n) is 10.1. The molecular formula is C25H21N5O. The molecule has 0 aliphatic rings. The molecule has 0 unspecified atom stereocenters.